The van der Waals surface area contributed by atoms with Crippen molar-refractivity contribution in [2.75, 3.05) is 25.0 Å². The van der Waals surface area contributed by atoms with Gasteiger partial charge in [0.25, 0.3) is 0 Å². The van der Waals surface area contributed by atoms with Crippen LogP contribution < -0.4 is 4.90 Å². The summed E-state index contributed by atoms with van der Waals surface area (Å²) in [5.41, 5.74) is 1.29. The van der Waals surface area contributed by atoms with Crippen LogP contribution in [0.1, 0.15) is 33.6 Å². The summed E-state index contributed by atoms with van der Waals surface area (Å²) < 4.78 is 19.1. The zero-order valence-electron chi connectivity index (χ0n) is 15.8. The summed E-state index contributed by atoms with van der Waals surface area (Å²) >= 11 is 0. The van der Waals surface area contributed by atoms with Crippen molar-refractivity contribution in [3.05, 3.63) is 36.3 Å². The fourth-order valence-corrected chi connectivity index (χ4v) is 3.36. The van der Waals surface area contributed by atoms with Gasteiger partial charge in [0.15, 0.2) is 0 Å². The molecule has 0 bridgehead atoms. The maximum absolute atomic E-state index is 13.7. The van der Waals surface area contributed by atoms with Crippen molar-refractivity contribution in [3.8, 4) is 0 Å². The molecule has 0 saturated carbocycles. The maximum atomic E-state index is 13.7. The third-order valence-electron chi connectivity index (χ3n) is 4.71. The van der Waals surface area contributed by atoms with Gasteiger partial charge in [0.2, 0.25) is 0 Å². The molecule has 0 atom stereocenters. The number of anilines is 1. The number of aromatic nitrogens is 1. The van der Waals surface area contributed by atoms with E-state index in [0.29, 0.717) is 0 Å². The van der Waals surface area contributed by atoms with Crippen LogP contribution >= 0.6 is 0 Å². The molecule has 6 heteroatoms. The lowest BCUT2D eigenvalue weighted by Gasteiger charge is -2.38. The van der Waals surface area contributed by atoms with E-state index >= 15 is 0 Å². The van der Waals surface area contributed by atoms with Crippen LogP contribution in [-0.4, -0.2) is 47.8 Å². The average molecular weight is 359 g/mol. The van der Waals surface area contributed by atoms with Crippen LogP contribution in [0.5, 0.6) is 0 Å². The second-order valence-electron chi connectivity index (χ2n) is 7.80. The van der Waals surface area contributed by atoms with Gasteiger partial charge >= 0.3 is 6.09 Å². The molecule has 1 aliphatic heterocycles. The van der Waals surface area contributed by atoms with E-state index in [1.54, 1.807) is 24.2 Å². The van der Waals surface area contributed by atoms with Crippen molar-refractivity contribution in [1.82, 2.24) is 9.88 Å². The van der Waals surface area contributed by atoms with Gasteiger partial charge in [-0.05, 0) is 57.9 Å². The molecule has 0 unspecified atom stereocenters. The summed E-state index contributed by atoms with van der Waals surface area (Å²) in [6, 6.07) is 6.75. The van der Waals surface area contributed by atoms with E-state index < -0.39 is 5.60 Å². The Hall–Kier alpha value is -2.37. The number of halogens is 1. The zero-order valence-corrected chi connectivity index (χ0v) is 15.8. The molecule has 2 aromatic rings. The number of pyridine rings is 1. The van der Waals surface area contributed by atoms with Crippen molar-refractivity contribution >= 4 is 22.7 Å². The molecule has 1 aliphatic rings. The molecule has 140 valence electrons. The molecule has 1 amide bonds. The summed E-state index contributed by atoms with van der Waals surface area (Å²) in [4.78, 5) is 20.5. The Balaban J connectivity index is 1.69. The first-order valence-corrected chi connectivity index (χ1v) is 8.99. The molecule has 1 saturated heterocycles. The number of rotatable bonds is 2. The van der Waals surface area contributed by atoms with Crippen LogP contribution in [0.4, 0.5) is 14.9 Å². The standard InChI is InChI=1S/C20H26FN3O2/c1-20(2,3)26-19(25)23(4)15-8-11-24(12-9-15)18-7-10-22-17-6-5-14(21)13-16(17)18/h5-7,10,13,15H,8-9,11-12H2,1-4H3. The minimum Gasteiger partial charge on any atom is -0.444 e. The summed E-state index contributed by atoms with van der Waals surface area (Å²) in [5, 5.41) is 0.825. The van der Waals surface area contributed by atoms with Crippen LogP contribution in [0, 0.1) is 5.82 Å². The van der Waals surface area contributed by atoms with Crippen LogP contribution in [0.25, 0.3) is 10.9 Å². The first-order chi connectivity index (χ1) is 12.2. The molecule has 0 N–H and O–H groups in total. The lowest BCUT2D eigenvalue weighted by molar-refractivity contribution is 0.0201. The fourth-order valence-electron chi connectivity index (χ4n) is 3.36. The van der Waals surface area contributed by atoms with Gasteiger partial charge in [0, 0.05) is 43.4 Å². The Morgan fingerprint density at radius 2 is 1.96 bits per heavy atom. The number of ether oxygens (including phenoxy) is 1. The van der Waals surface area contributed by atoms with Gasteiger partial charge < -0.3 is 14.5 Å². The van der Waals surface area contributed by atoms with E-state index in [9.17, 15) is 9.18 Å². The predicted molar refractivity (Wildman–Crippen MR) is 101 cm³/mol. The van der Waals surface area contributed by atoms with Crippen LogP contribution in [0.2, 0.25) is 0 Å². The Morgan fingerprint density at radius 1 is 1.27 bits per heavy atom. The Kier molecular flexibility index (Phi) is 5.03. The molecular formula is C20H26FN3O2. The Bertz CT molecular complexity index is 795. The topological polar surface area (TPSA) is 45.7 Å². The summed E-state index contributed by atoms with van der Waals surface area (Å²) in [7, 11) is 1.80. The lowest BCUT2D eigenvalue weighted by atomic mass is 10.0. The largest absolute Gasteiger partial charge is 0.444 e. The van der Waals surface area contributed by atoms with Crippen molar-refractivity contribution in [3.63, 3.8) is 0 Å². The monoisotopic (exact) mass is 359 g/mol. The third kappa shape index (κ3) is 4.06. The van der Waals surface area contributed by atoms with Gasteiger partial charge in [-0.3, -0.25) is 4.98 Å². The molecule has 2 heterocycles. The van der Waals surface area contributed by atoms with Gasteiger partial charge in [0.1, 0.15) is 11.4 Å². The van der Waals surface area contributed by atoms with Crippen molar-refractivity contribution in [1.29, 1.82) is 0 Å². The second-order valence-corrected chi connectivity index (χ2v) is 7.80. The van der Waals surface area contributed by atoms with Crippen LogP contribution in [-0.2, 0) is 4.74 Å². The number of piperidine rings is 1. The smallest absolute Gasteiger partial charge is 0.410 e. The highest BCUT2D eigenvalue weighted by Gasteiger charge is 2.29. The second kappa shape index (κ2) is 7.09. The maximum Gasteiger partial charge on any atom is 0.410 e. The normalized spacial score (nSPS) is 16.0. The van der Waals surface area contributed by atoms with Gasteiger partial charge in [-0.15, -0.1) is 0 Å². The summed E-state index contributed by atoms with van der Waals surface area (Å²) in [6.45, 7) is 7.21. The third-order valence-corrected chi connectivity index (χ3v) is 4.71. The number of carbonyl (C=O) groups excluding carboxylic acids is 1. The summed E-state index contributed by atoms with van der Waals surface area (Å²) in [6.07, 6.45) is 3.16. The quantitative estimate of drug-likeness (QED) is 0.806. The number of hydrogen-bond acceptors (Lipinski definition) is 4. The van der Waals surface area contributed by atoms with Crippen LogP contribution in [0.15, 0.2) is 30.5 Å². The van der Waals surface area contributed by atoms with Crippen molar-refractivity contribution in [2.24, 2.45) is 0 Å². The number of amides is 1. The minimum atomic E-state index is -0.494. The SMILES string of the molecule is CN(C(=O)OC(C)(C)C)C1CCN(c2ccnc3ccc(F)cc23)CC1. The predicted octanol–water partition coefficient (Wildman–Crippen LogP) is 4.21. The number of carbonyl (C=O) groups is 1. The number of hydrogen-bond donors (Lipinski definition) is 0. The average Bonchev–Trinajstić information content (AvgIpc) is 2.59. The molecule has 0 spiro atoms. The molecule has 1 aromatic heterocycles. The highest BCUT2D eigenvalue weighted by Crippen LogP contribution is 2.29. The molecule has 1 aromatic carbocycles. The van der Waals surface area contributed by atoms with Crippen LogP contribution in [0.3, 0.4) is 0 Å². The van der Waals surface area contributed by atoms with E-state index in [0.717, 1.165) is 42.5 Å². The van der Waals surface area contributed by atoms with E-state index in [-0.39, 0.29) is 18.0 Å². The minimum absolute atomic E-state index is 0.144. The van der Waals surface area contributed by atoms with E-state index in [1.807, 2.05) is 26.8 Å². The highest BCUT2D eigenvalue weighted by atomic mass is 19.1. The molecule has 0 aliphatic carbocycles. The molecular weight excluding hydrogens is 333 g/mol. The zero-order chi connectivity index (χ0) is 18.9. The fraction of sp³-hybridized carbons (Fsp3) is 0.500. The highest BCUT2D eigenvalue weighted by molar-refractivity contribution is 5.91. The van der Waals surface area contributed by atoms with E-state index in [1.165, 1.54) is 12.1 Å². The number of benzene rings is 1. The Morgan fingerprint density at radius 3 is 2.62 bits per heavy atom. The number of nitrogens with zero attached hydrogens (tertiary/aromatic N) is 3. The van der Waals surface area contributed by atoms with Gasteiger partial charge in [-0.2, -0.15) is 0 Å². The molecule has 1 fully saturated rings. The first kappa shape index (κ1) is 18.4. The molecule has 0 radical (unpaired) electrons. The Labute approximate surface area is 153 Å². The van der Waals surface area contributed by atoms with Crippen molar-refractivity contribution in [2.45, 2.75) is 45.3 Å². The van der Waals surface area contributed by atoms with E-state index in [2.05, 4.69) is 9.88 Å². The first-order valence-electron chi connectivity index (χ1n) is 8.99. The molecule has 26 heavy (non-hydrogen) atoms. The number of fused-ring (bicyclic) bond motifs is 1. The summed E-state index contributed by atoms with van der Waals surface area (Å²) in [5.74, 6) is -0.258. The van der Waals surface area contributed by atoms with Crippen molar-refractivity contribution < 1.29 is 13.9 Å². The molecule has 5 nitrogen and oxygen atoms in total. The van der Waals surface area contributed by atoms with E-state index in [4.69, 9.17) is 4.74 Å². The van der Waals surface area contributed by atoms with Gasteiger partial charge in [0.05, 0.1) is 5.52 Å². The van der Waals surface area contributed by atoms with Gasteiger partial charge in [-0.25, -0.2) is 9.18 Å². The lowest BCUT2D eigenvalue weighted by Crippen LogP contribution is -2.47. The van der Waals surface area contributed by atoms with Gasteiger partial charge in [-0.1, -0.05) is 0 Å². The molecule has 3 rings (SSSR count).